The van der Waals surface area contributed by atoms with Crippen LogP contribution in [-0.4, -0.2) is 18.7 Å². The Kier molecular flexibility index (Phi) is 4.30. The van der Waals surface area contributed by atoms with Crippen molar-refractivity contribution in [3.63, 3.8) is 0 Å². The lowest BCUT2D eigenvalue weighted by Gasteiger charge is -2.23. The molecule has 2 nitrogen and oxygen atoms in total. The molecule has 0 N–H and O–H groups in total. The summed E-state index contributed by atoms with van der Waals surface area (Å²) in [4.78, 5) is 16.0. The van der Waals surface area contributed by atoms with Crippen LogP contribution in [0.25, 0.3) is 0 Å². The fourth-order valence-corrected chi connectivity index (χ4v) is 3.20. The Morgan fingerprint density at radius 3 is 2.57 bits per heavy atom. The molecule has 0 atom stereocenters. The number of aryl methyl sites for hydroxylation is 1. The molecule has 0 fully saturated rings. The zero-order chi connectivity index (χ0) is 14.7. The van der Waals surface area contributed by atoms with E-state index in [1.54, 1.807) is 11.8 Å². The minimum Gasteiger partial charge on any atom is -0.308 e. The molecule has 2 aromatic rings. The Hall–Kier alpha value is -1.74. The second kappa shape index (κ2) is 6.35. The number of hydrogen-bond donors (Lipinski definition) is 0. The first-order valence-corrected chi connectivity index (χ1v) is 8.56. The molecule has 108 valence electrons. The molecular weight excluding hydrogens is 278 g/mol. The van der Waals surface area contributed by atoms with E-state index in [0.717, 1.165) is 37.1 Å². The molecule has 0 spiro atoms. The van der Waals surface area contributed by atoms with Crippen LogP contribution in [0.2, 0.25) is 0 Å². The molecule has 1 aliphatic heterocycles. The maximum Gasteiger partial charge on any atom is 0.258 e. The normalized spacial score (nSPS) is 14.4. The van der Waals surface area contributed by atoms with Crippen LogP contribution in [0.1, 0.15) is 28.8 Å². The predicted octanol–water partition coefficient (Wildman–Crippen LogP) is 4.39. The molecule has 0 unspecified atom stereocenters. The predicted molar refractivity (Wildman–Crippen MR) is 89.3 cm³/mol. The highest BCUT2D eigenvalue weighted by molar-refractivity contribution is 7.98. The van der Waals surface area contributed by atoms with Crippen LogP contribution >= 0.6 is 11.8 Å². The summed E-state index contributed by atoms with van der Waals surface area (Å²) in [6, 6.07) is 16.2. The quantitative estimate of drug-likeness (QED) is 0.766. The highest BCUT2D eigenvalue weighted by atomic mass is 32.2. The van der Waals surface area contributed by atoms with E-state index < -0.39 is 0 Å². The Morgan fingerprint density at radius 2 is 1.81 bits per heavy atom. The summed E-state index contributed by atoms with van der Waals surface area (Å²) in [5.41, 5.74) is 3.13. The number of amides is 1. The molecule has 2 aromatic carbocycles. The van der Waals surface area contributed by atoms with Crippen LogP contribution in [-0.2, 0) is 6.42 Å². The lowest BCUT2D eigenvalue weighted by Crippen LogP contribution is -2.31. The maximum absolute atomic E-state index is 12.8. The highest BCUT2D eigenvalue weighted by Crippen LogP contribution is 2.27. The van der Waals surface area contributed by atoms with Crippen molar-refractivity contribution in [3.8, 4) is 0 Å². The van der Waals surface area contributed by atoms with Crippen molar-refractivity contribution in [3.05, 3.63) is 59.7 Å². The lowest BCUT2D eigenvalue weighted by molar-refractivity contribution is 0.0987. The fraction of sp³-hybridized carbons (Fsp3) is 0.278. The van der Waals surface area contributed by atoms with Crippen molar-refractivity contribution >= 4 is 23.4 Å². The maximum atomic E-state index is 12.8. The van der Waals surface area contributed by atoms with Gasteiger partial charge in [-0.25, -0.2) is 0 Å². The number of anilines is 1. The van der Waals surface area contributed by atoms with Gasteiger partial charge in [0, 0.05) is 22.7 Å². The van der Waals surface area contributed by atoms with Crippen LogP contribution in [0, 0.1) is 0 Å². The third-order valence-electron chi connectivity index (χ3n) is 3.94. The van der Waals surface area contributed by atoms with Crippen molar-refractivity contribution < 1.29 is 4.79 Å². The first-order chi connectivity index (χ1) is 10.3. The number of benzene rings is 2. The summed E-state index contributed by atoms with van der Waals surface area (Å²) in [7, 11) is 0. The minimum absolute atomic E-state index is 0.108. The third-order valence-corrected chi connectivity index (χ3v) is 4.69. The van der Waals surface area contributed by atoms with E-state index in [1.807, 2.05) is 41.5 Å². The molecule has 0 bridgehead atoms. The number of carbonyl (C=O) groups excluding carboxylic acids is 1. The molecule has 0 saturated heterocycles. The van der Waals surface area contributed by atoms with Crippen LogP contribution in [0.15, 0.2) is 53.4 Å². The number of nitrogens with zero attached hydrogens (tertiary/aromatic N) is 1. The molecule has 3 heteroatoms. The molecule has 0 radical (unpaired) electrons. The van der Waals surface area contributed by atoms with Gasteiger partial charge in [-0.1, -0.05) is 18.2 Å². The number of carbonyl (C=O) groups is 1. The van der Waals surface area contributed by atoms with E-state index in [1.165, 1.54) is 10.5 Å². The molecule has 1 aliphatic rings. The number of hydrogen-bond acceptors (Lipinski definition) is 2. The summed E-state index contributed by atoms with van der Waals surface area (Å²) in [5.74, 6) is 0.108. The standard InChI is InChI=1S/C18H19NOS/c1-21-16-11-9-15(10-12-16)18(20)19-13-5-4-7-14-6-2-3-8-17(14)19/h2-3,6,8-12H,4-5,7,13H2,1H3. The molecule has 21 heavy (non-hydrogen) atoms. The lowest BCUT2D eigenvalue weighted by atomic mass is 10.1. The van der Waals surface area contributed by atoms with Crippen LogP contribution in [0.3, 0.4) is 0 Å². The minimum atomic E-state index is 0.108. The Labute approximate surface area is 130 Å². The first-order valence-electron chi connectivity index (χ1n) is 7.33. The van der Waals surface area contributed by atoms with Crippen molar-refractivity contribution in [2.45, 2.75) is 24.2 Å². The number of thioether (sulfide) groups is 1. The van der Waals surface area contributed by atoms with Gasteiger partial charge in [0.25, 0.3) is 5.91 Å². The van der Waals surface area contributed by atoms with Crippen molar-refractivity contribution in [2.24, 2.45) is 0 Å². The van der Waals surface area contributed by atoms with Gasteiger partial charge in [0.15, 0.2) is 0 Å². The van der Waals surface area contributed by atoms with Gasteiger partial charge < -0.3 is 4.90 Å². The van der Waals surface area contributed by atoms with E-state index in [-0.39, 0.29) is 5.91 Å². The van der Waals surface area contributed by atoms with E-state index >= 15 is 0 Å². The zero-order valence-corrected chi connectivity index (χ0v) is 13.0. The Balaban J connectivity index is 1.93. The van der Waals surface area contributed by atoms with Crippen molar-refractivity contribution in [1.82, 2.24) is 0 Å². The third kappa shape index (κ3) is 2.98. The van der Waals surface area contributed by atoms with Crippen LogP contribution in [0.4, 0.5) is 5.69 Å². The van der Waals surface area contributed by atoms with Crippen molar-refractivity contribution in [2.75, 3.05) is 17.7 Å². The molecule has 0 aliphatic carbocycles. The average Bonchev–Trinajstić information content (AvgIpc) is 2.77. The summed E-state index contributed by atoms with van der Waals surface area (Å²) in [5, 5.41) is 0. The average molecular weight is 297 g/mol. The smallest absolute Gasteiger partial charge is 0.258 e. The summed E-state index contributed by atoms with van der Waals surface area (Å²) in [6.45, 7) is 0.806. The Bertz CT molecular complexity index is 636. The molecule has 0 saturated carbocycles. The van der Waals surface area contributed by atoms with Gasteiger partial charge in [-0.15, -0.1) is 11.8 Å². The van der Waals surface area contributed by atoms with Gasteiger partial charge in [-0.2, -0.15) is 0 Å². The van der Waals surface area contributed by atoms with Gasteiger partial charge in [-0.3, -0.25) is 4.79 Å². The fourth-order valence-electron chi connectivity index (χ4n) is 2.79. The topological polar surface area (TPSA) is 20.3 Å². The monoisotopic (exact) mass is 297 g/mol. The SMILES string of the molecule is CSc1ccc(C(=O)N2CCCCc3ccccc32)cc1. The molecule has 1 heterocycles. The molecular formula is C18H19NOS. The van der Waals surface area contributed by atoms with Gasteiger partial charge >= 0.3 is 0 Å². The van der Waals surface area contributed by atoms with Gasteiger partial charge in [0.2, 0.25) is 0 Å². The first kappa shape index (κ1) is 14.2. The number of rotatable bonds is 2. The summed E-state index contributed by atoms with van der Waals surface area (Å²) >= 11 is 1.69. The largest absolute Gasteiger partial charge is 0.308 e. The van der Waals surface area contributed by atoms with Gasteiger partial charge in [0.05, 0.1) is 0 Å². The van der Waals surface area contributed by atoms with E-state index in [9.17, 15) is 4.79 Å². The van der Waals surface area contributed by atoms with Crippen LogP contribution in [0.5, 0.6) is 0 Å². The number of fused-ring (bicyclic) bond motifs is 1. The Morgan fingerprint density at radius 1 is 1.05 bits per heavy atom. The highest BCUT2D eigenvalue weighted by Gasteiger charge is 2.21. The molecule has 0 aromatic heterocycles. The van der Waals surface area contributed by atoms with Gasteiger partial charge in [-0.05, 0) is 61.4 Å². The van der Waals surface area contributed by atoms with E-state index in [4.69, 9.17) is 0 Å². The second-order valence-electron chi connectivity index (χ2n) is 5.27. The van der Waals surface area contributed by atoms with E-state index in [0.29, 0.717) is 0 Å². The van der Waals surface area contributed by atoms with Crippen molar-refractivity contribution in [1.29, 1.82) is 0 Å². The van der Waals surface area contributed by atoms with E-state index in [2.05, 4.69) is 18.2 Å². The summed E-state index contributed by atoms with van der Waals surface area (Å²) in [6.07, 6.45) is 5.31. The van der Waals surface area contributed by atoms with Gasteiger partial charge in [0.1, 0.15) is 0 Å². The molecule has 1 amide bonds. The second-order valence-corrected chi connectivity index (χ2v) is 6.15. The zero-order valence-electron chi connectivity index (χ0n) is 12.2. The molecule has 3 rings (SSSR count). The number of para-hydroxylation sites is 1. The van der Waals surface area contributed by atoms with Crippen LogP contribution < -0.4 is 4.90 Å². The summed E-state index contributed by atoms with van der Waals surface area (Å²) < 4.78 is 0.